The summed E-state index contributed by atoms with van der Waals surface area (Å²) in [5.74, 6) is 2.09. The average Bonchev–Trinajstić information content (AvgIpc) is 1.60. The van der Waals surface area contributed by atoms with Crippen LogP contribution >= 0.6 is 128 Å². The fourth-order valence-corrected chi connectivity index (χ4v) is 12.9. The predicted molar refractivity (Wildman–Crippen MR) is 392 cm³/mol. The van der Waals surface area contributed by atoms with Gasteiger partial charge >= 0.3 is 0 Å². The number of amides is 3. The molecule has 6 aromatic heterocycles. The van der Waals surface area contributed by atoms with Crippen molar-refractivity contribution in [2.45, 2.75) is 54.4 Å². The van der Waals surface area contributed by atoms with Gasteiger partial charge < -0.3 is 42.1 Å². The maximum Gasteiger partial charge on any atom is 0.267 e. The summed E-state index contributed by atoms with van der Waals surface area (Å²) in [6.07, 6.45) is 5.62. The van der Waals surface area contributed by atoms with Gasteiger partial charge in [-0.15, -0.1) is 46.7 Å². The van der Waals surface area contributed by atoms with Gasteiger partial charge in [-0.2, -0.15) is 0 Å². The molecule has 2 saturated heterocycles. The Morgan fingerprint density at radius 2 is 0.894 bits per heavy atom. The van der Waals surface area contributed by atoms with Crippen molar-refractivity contribution in [2.24, 2.45) is 0 Å². The Labute approximate surface area is 604 Å². The molecule has 500 valence electrons. The van der Waals surface area contributed by atoms with Crippen molar-refractivity contribution in [1.29, 1.82) is 0 Å². The zero-order valence-electron chi connectivity index (χ0n) is 52.0. The van der Waals surface area contributed by atoms with Crippen molar-refractivity contribution in [2.75, 3.05) is 105 Å². The third-order valence-corrected chi connectivity index (χ3v) is 17.9. The van der Waals surface area contributed by atoms with Gasteiger partial charge in [-0.1, -0.05) is 117 Å². The molecule has 0 unspecified atom stereocenters. The minimum atomic E-state index is -0.254. The van der Waals surface area contributed by atoms with Gasteiger partial charge in [-0.05, 0) is 82.5 Å². The molecule has 11 rings (SSSR count). The number of halogens is 7. The average molecular weight is 1570 g/mol. The van der Waals surface area contributed by atoms with Crippen LogP contribution in [0.2, 0.25) is 30.5 Å². The summed E-state index contributed by atoms with van der Waals surface area (Å²) in [4.78, 5) is 83.0. The van der Waals surface area contributed by atoms with Crippen LogP contribution in [0.15, 0.2) is 91.4 Å². The molecule has 0 spiro atoms. The van der Waals surface area contributed by atoms with Gasteiger partial charge in [0.05, 0.1) is 85.3 Å². The number of benzene rings is 3. The molecule has 2 aliphatic rings. The van der Waals surface area contributed by atoms with Gasteiger partial charge in [0.1, 0.15) is 53.4 Å². The number of nitrogens with one attached hydrogen (secondary N) is 4. The summed E-state index contributed by atoms with van der Waals surface area (Å²) >= 11 is 39.2. The van der Waals surface area contributed by atoms with Gasteiger partial charge in [-0.25, -0.2) is 44.9 Å². The largest absolute Gasteiger partial charge is 0.395 e. The number of carbonyl (C=O) groups excluding carboxylic acids is 3. The number of anilines is 5. The first-order valence-electron chi connectivity index (χ1n) is 29.0. The molecule has 22 nitrogen and oxygen atoms in total. The van der Waals surface area contributed by atoms with E-state index in [1.807, 2.05) is 70.2 Å². The minimum absolute atomic E-state index is 0. The molecule has 8 heterocycles. The van der Waals surface area contributed by atoms with Crippen LogP contribution in [0.25, 0.3) is 0 Å². The minimum Gasteiger partial charge on any atom is -0.395 e. The Kier molecular flexibility index (Phi) is 31.7. The molecule has 3 aromatic carbocycles. The van der Waals surface area contributed by atoms with Crippen LogP contribution in [0, 0.1) is 41.5 Å². The van der Waals surface area contributed by atoms with E-state index in [1.165, 1.54) is 34.9 Å². The summed E-state index contributed by atoms with van der Waals surface area (Å²) in [6, 6.07) is 21.6. The molecule has 0 aliphatic carbocycles. The van der Waals surface area contributed by atoms with Crippen molar-refractivity contribution in [3.8, 4) is 0 Å². The zero-order valence-corrected chi connectivity index (χ0v) is 61.3. The molecule has 9 aromatic rings. The van der Waals surface area contributed by atoms with E-state index < -0.39 is 0 Å². The number of para-hydroxylation sites is 3. The molecule has 0 radical (unpaired) electrons. The van der Waals surface area contributed by atoms with Gasteiger partial charge in [-0.3, -0.25) is 24.2 Å². The number of nitrogens with two attached hydrogens (primary N) is 1. The Morgan fingerprint density at radius 3 is 1.29 bits per heavy atom. The predicted octanol–water partition coefficient (Wildman–Crippen LogP) is 12.4. The Morgan fingerprint density at radius 1 is 0.511 bits per heavy atom. The number of nitrogens with zero attached hydrogens (tertiary/aromatic N) is 12. The second kappa shape index (κ2) is 38.7. The summed E-state index contributed by atoms with van der Waals surface area (Å²) < 4.78 is 0. The molecular weight excluding hydrogens is 1500 g/mol. The number of aryl methyl sites for hydroxylation is 6. The van der Waals surface area contributed by atoms with Crippen LogP contribution in [0.4, 0.5) is 28.0 Å². The molecule has 3 amide bonds. The number of β-amino-alcohol motifs (C(OH)–C–C–N with tert-alkyl or cyclic N) is 2. The second-order valence-electron chi connectivity index (χ2n) is 20.7. The van der Waals surface area contributed by atoms with Gasteiger partial charge in [0.25, 0.3) is 17.7 Å². The van der Waals surface area contributed by atoms with Crippen molar-refractivity contribution >= 4 is 173 Å². The summed E-state index contributed by atoms with van der Waals surface area (Å²) in [7, 11) is 0. The quantitative estimate of drug-likeness (QED) is 0.0371. The number of nitrogen functional groups attached to an aromatic ring is 1. The van der Waals surface area contributed by atoms with Crippen molar-refractivity contribution < 1.29 is 24.6 Å². The number of aromatic nitrogens is 9. The molecular formula is C62H70Cl6IN17O5S3. The third kappa shape index (κ3) is 24.6. The van der Waals surface area contributed by atoms with Gasteiger partial charge in [0.2, 0.25) is 0 Å². The Hall–Kier alpha value is -5.93. The summed E-state index contributed by atoms with van der Waals surface area (Å²) in [5, 5.41) is 34.1. The summed E-state index contributed by atoms with van der Waals surface area (Å²) in [6.45, 7) is 20.9. The van der Waals surface area contributed by atoms with E-state index in [9.17, 15) is 14.4 Å². The van der Waals surface area contributed by atoms with Crippen molar-refractivity contribution in [3.63, 3.8) is 0 Å². The fourth-order valence-electron chi connectivity index (χ4n) is 9.05. The van der Waals surface area contributed by atoms with E-state index in [-0.39, 0.29) is 48.3 Å². The lowest BCUT2D eigenvalue weighted by molar-refractivity contribution is 0.102. The number of hydrogen-bond donors (Lipinski definition) is 7. The van der Waals surface area contributed by atoms with E-state index in [0.717, 1.165) is 114 Å². The molecule has 2 fully saturated rings. The lowest BCUT2D eigenvalue weighted by Gasteiger charge is -2.35. The normalized spacial score (nSPS) is 12.9. The summed E-state index contributed by atoms with van der Waals surface area (Å²) in [5.41, 5.74) is 11.7. The third-order valence-electron chi connectivity index (χ3n) is 13.6. The number of aliphatic hydroxyl groups excluding tert-OH is 2. The maximum absolute atomic E-state index is 12.7. The highest BCUT2D eigenvalue weighted by Crippen LogP contribution is 2.30. The first kappa shape index (κ1) is 77.1. The van der Waals surface area contributed by atoms with Crippen LogP contribution in [0.5, 0.6) is 0 Å². The topological polar surface area (TPSA) is 292 Å². The number of aliphatic hydroxyl groups is 2. The number of thiazole rings is 3. The first-order valence-corrected chi connectivity index (χ1v) is 33.7. The number of rotatable bonds is 15. The SMILES string of the molecule is Cc1cccc(Cl)c1NC(=O)c1cnc(N)s1.Cc1nc(Cc2ncc(C(=O)Nc3c(C)cccc3Cl)s2)cc(N2CCN(CCO)CC2)n1.Cc1nc(Cl)cc(Cc2ncc(C(=O)Nc3c(C)cccc3Cl)s2)n1.Cc1nc(Cl)cc(Cl)n1.I.OCCN1CCNCC1. The van der Waals surface area contributed by atoms with E-state index in [1.54, 1.807) is 50.5 Å². The Balaban J connectivity index is 0.000000202. The smallest absolute Gasteiger partial charge is 0.267 e. The monoisotopic (exact) mass is 1570 g/mol. The lowest BCUT2D eigenvalue weighted by Crippen LogP contribution is -2.47. The first-order chi connectivity index (χ1) is 44.5. The highest BCUT2D eigenvalue weighted by molar-refractivity contribution is 14.0. The molecule has 2 aliphatic heterocycles. The van der Waals surface area contributed by atoms with Crippen LogP contribution in [-0.4, -0.2) is 161 Å². The second-order valence-corrected chi connectivity index (χ2v) is 26.4. The van der Waals surface area contributed by atoms with E-state index in [2.05, 4.69) is 80.8 Å². The number of carbonyl (C=O) groups is 3. The number of piperazine rings is 2. The molecule has 0 atom stereocenters. The Bertz CT molecular complexity index is 3840. The van der Waals surface area contributed by atoms with E-state index >= 15 is 0 Å². The van der Waals surface area contributed by atoms with E-state index in [4.69, 9.17) is 85.6 Å². The maximum atomic E-state index is 12.7. The van der Waals surface area contributed by atoms with Crippen LogP contribution in [0.1, 0.15) is 84.6 Å². The molecule has 0 bridgehead atoms. The van der Waals surface area contributed by atoms with Gasteiger partial charge in [0, 0.05) is 90.4 Å². The highest BCUT2D eigenvalue weighted by atomic mass is 127. The van der Waals surface area contributed by atoms with Crippen molar-refractivity contribution in [3.05, 3.63) is 192 Å². The molecule has 32 heteroatoms. The van der Waals surface area contributed by atoms with Gasteiger partial charge in [0.15, 0.2) is 5.13 Å². The lowest BCUT2D eigenvalue weighted by atomic mass is 10.2. The van der Waals surface area contributed by atoms with Crippen LogP contribution < -0.4 is 31.9 Å². The van der Waals surface area contributed by atoms with Crippen molar-refractivity contribution in [1.82, 2.24) is 60.0 Å². The molecule has 8 N–H and O–H groups in total. The highest BCUT2D eigenvalue weighted by Gasteiger charge is 2.21. The zero-order chi connectivity index (χ0) is 67.1. The van der Waals surface area contributed by atoms with Crippen LogP contribution in [0.3, 0.4) is 0 Å². The fraction of sp³-hybridized carbons (Fsp3) is 0.323. The standard InChI is InChI=1S/C23H27ClN6O2S.C17H14Cl2N4OS.C11H10ClN3OS.C6H14N2O.C5H4Cl2N2.HI/c1-15-4-3-5-18(24)22(15)28-23(32)19-14-25-21(33-19)13-17-12-20(27-16(2)26-17)30-8-6-29(7-9-30)10-11-31;1-9-4-3-5-12(18)16(9)23-17(24)13-8-20-15(25-13)7-11-6-14(19)22-10(2)21-11;1-6-3-2-4-7(12)9(6)15-10(16)8-5-14-11(13)17-8;9-6-5-8-3-1-7-2-4-8;1-3-8-4(6)2-5(7)9-3;/h3-5,12,14,31H,6-11,13H2,1-2H3,(H,28,32);3-6,8H,7H2,1-2H3,(H,23,24);2-5H,1H3,(H2,13,14)(H,15,16);7,9H,1-6H2;2H,1H3;1H. The van der Waals surface area contributed by atoms with Crippen LogP contribution in [-0.2, 0) is 12.8 Å². The molecule has 0 saturated carbocycles. The molecule has 94 heavy (non-hydrogen) atoms. The van der Waals surface area contributed by atoms with E-state index in [0.29, 0.717) is 111 Å². The number of hydrogen-bond acceptors (Lipinski definition) is 22.